The molecule has 1 aromatic heterocycles. The van der Waals surface area contributed by atoms with Crippen LogP contribution in [0.3, 0.4) is 0 Å². The van der Waals surface area contributed by atoms with Gasteiger partial charge in [0.1, 0.15) is 24.4 Å². The van der Waals surface area contributed by atoms with Crippen molar-refractivity contribution in [3.8, 4) is 0 Å². The van der Waals surface area contributed by atoms with Gasteiger partial charge < -0.3 is 20.1 Å². The lowest BCUT2D eigenvalue weighted by Gasteiger charge is -2.34. The van der Waals surface area contributed by atoms with Crippen LogP contribution in [0.1, 0.15) is 25.7 Å². The number of likely N-dealkylation sites (tertiary alicyclic amines) is 1. The summed E-state index contributed by atoms with van der Waals surface area (Å²) in [5, 5.41) is 12.8. The van der Waals surface area contributed by atoms with Gasteiger partial charge in [-0.2, -0.15) is 4.37 Å². The molecule has 0 spiro atoms. The van der Waals surface area contributed by atoms with Crippen LogP contribution in [0.5, 0.6) is 0 Å². The quantitative estimate of drug-likeness (QED) is 0.380. The lowest BCUT2D eigenvalue weighted by Crippen LogP contribution is -2.44. The molecule has 2 atom stereocenters. The van der Waals surface area contributed by atoms with Gasteiger partial charge in [0.2, 0.25) is 16.8 Å². The molecule has 0 radical (unpaired) electrons. The van der Waals surface area contributed by atoms with E-state index in [-0.39, 0.29) is 34.2 Å². The first-order chi connectivity index (χ1) is 17.9. The Morgan fingerprint density at radius 1 is 1.38 bits per heavy atom. The smallest absolute Gasteiger partial charge is 0.341 e. The predicted octanol–water partition coefficient (Wildman–Crippen LogP) is 1.92. The molecule has 0 bridgehead atoms. The highest BCUT2D eigenvalue weighted by atomic mass is 32.1. The van der Waals surface area contributed by atoms with Gasteiger partial charge in [-0.3, -0.25) is 14.5 Å². The number of carboxylic acids is 1. The Bertz CT molecular complexity index is 1130. The number of aliphatic imine (C=N–C) groups is 1. The van der Waals surface area contributed by atoms with Gasteiger partial charge in [-0.1, -0.05) is 6.58 Å². The molecule has 1 aromatic rings. The minimum absolute atomic E-state index is 0.00160. The molecule has 2 fully saturated rings. The van der Waals surface area contributed by atoms with E-state index in [0.29, 0.717) is 32.2 Å². The Morgan fingerprint density at radius 3 is 2.89 bits per heavy atom. The third kappa shape index (κ3) is 6.28. The summed E-state index contributed by atoms with van der Waals surface area (Å²) in [4.78, 5) is 49.2. The van der Waals surface area contributed by atoms with Gasteiger partial charge in [-0.15, -0.1) is 0 Å². The summed E-state index contributed by atoms with van der Waals surface area (Å²) >= 11 is 0.961. The lowest BCUT2D eigenvalue weighted by molar-refractivity contribution is -0.134. The number of alkyl halides is 1. The highest BCUT2D eigenvalue weighted by Gasteiger charge is 2.36. The van der Waals surface area contributed by atoms with E-state index in [9.17, 15) is 23.9 Å². The van der Waals surface area contributed by atoms with Gasteiger partial charge in [-0.05, 0) is 37.7 Å². The van der Waals surface area contributed by atoms with E-state index < -0.39 is 24.0 Å². The number of hydrogen-bond acceptors (Lipinski definition) is 9. The molecule has 37 heavy (non-hydrogen) atoms. The van der Waals surface area contributed by atoms with Crippen LogP contribution >= 0.6 is 11.5 Å². The molecule has 198 valence electrons. The standard InChI is InChI=1S/C24H29FN6O5S/c1-15(30-8-2-5-17(11-30)22(33)26-10-16-4-3-9-36-13-16)29-21-18(6-7-25)20(32)19(23(34)35)12-31(21)24-27-14-28-37-24/h6,12,14,16-17H,1-5,7-11,13H2,(H,26,33)(H,34,35)/b18-6-,29-21?. The van der Waals surface area contributed by atoms with Crippen molar-refractivity contribution < 1.29 is 28.6 Å². The van der Waals surface area contributed by atoms with Gasteiger partial charge in [0.15, 0.2) is 5.84 Å². The zero-order chi connectivity index (χ0) is 26.4. The minimum Gasteiger partial charge on any atom is -0.477 e. The number of amides is 1. The number of aliphatic carboxylic acids is 1. The van der Waals surface area contributed by atoms with E-state index in [1.165, 1.54) is 11.2 Å². The number of anilines is 1. The van der Waals surface area contributed by atoms with Crippen molar-refractivity contribution in [3.63, 3.8) is 0 Å². The number of nitrogens with one attached hydrogen (secondary N) is 1. The van der Waals surface area contributed by atoms with Crippen molar-refractivity contribution in [3.05, 3.63) is 42.1 Å². The molecular weight excluding hydrogens is 503 g/mol. The molecule has 0 aliphatic carbocycles. The highest BCUT2D eigenvalue weighted by Crippen LogP contribution is 2.28. The number of aromatic nitrogens is 2. The van der Waals surface area contributed by atoms with Crippen molar-refractivity contribution >= 4 is 40.2 Å². The molecule has 2 N–H and O–H groups in total. The largest absolute Gasteiger partial charge is 0.477 e. The van der Waals surface area contributed by atoms with Gasteiger partial charge in [0, 0.05) is 44.0 Å². The molecular formula is C24H29FN6O5S. The molecule has 11 nitrogen and oxygen atoms in total. The van der Waals surface area contributed by atoms with Crippen LogP contribution in [0.2, 0.25) is 0 Å². The molecule has 0 aromatic carbocycles. The van der Waals surface area contributed by atoms with E-state index in [0.717, 1.165) is 56.1 Å². The third-order valence-corrected chi connectivity index (χ3v) is 7.16. The van der Waals surface area contributed by atoms with Gasteiger partial charge in [0.25, 0.3) is 0 Å². The molecule has 2 saturated heterocycles. The second-order valence-corrected chi connectivity index (χ2v) is 9.77. The number of carbonyl (C=O) groups excluding carboxylic acids is 2. The van der Waals surface area contributed by atoms with E-state index in [1.807, 2.05) is 4.90 Å². The van der Waals surface area contributed by atoms with Crippen LogP contribution in [0.25, 0.3) is 0 Å². The summed E-state index contributed by atoms with van der Waals surface area (Å²) in [6, 6.07) is 0. The molecule has 13 heteroatoms. The fraction of sp³-hybridized carbons (Fsp3) is 0.500. The molecule has 3 aliphatic heterocycles. The number of piperidine rings is 1. The molecule has 4 heterocycles. The second kappa shape index (κ2) is 12.2. The zero-order valence-electron chi connectivity index (χ0n) is 20.3. The van der Waals surface area contributed by atoms with Gasteiger partial charge >= 0.3 is 5.97 Å². The molecule has 2 unspecified atom stereocenters. The maximum Gasteiger partial charge on any atom is 0.341 e. The number of hydrogen-bond donors (Lipinski definition) is 2. The fourth-order valence-electron chi connectivity index (χ4n) is 4.55. The van der Waals surface area contributed by atoms with E-state index in [2.05, 4.69) is 26.2 Å². The average Bonchev–Trinajstić information content (AvgIpc) is 3.44. The topological polar surface area (TPSA) is 137 Å². The number of ketones is 1. The van der Waals surface area contributed by atoms with Gasteiger partial charge in [0.05, 0.1) is 18.1 Å². The summed E-state index contributed by atoms with van der Waals surface area (Å²) in [6.07, 6.45) is 6.86. The van der Waals surface area contributed by atoms with Crippen LogP contribution in [0.4, 0.5) is 9.52 Å². The van der Waals surface area contributed by atoms with Crippen molar-refractivity contribution in [2.45, 2.75) is 25.7 Å². The van der Waals surface area contributed by atoms with Crippen LogP contribution in [0, 0.1) is 11.8 Å². The number of carboxylic acid groups (broad SMARTS) is 1. The molecule has 1 amide bonds. The summed E-state index contributed by atoms with van der Waals surface area (Å²) in [5.41, 5.74) is -0.753. The van der Waals surface area contributed by atoms with Crippen LogP contribution in [-0.2, 0) is 19.1 Å². The first-order valence-electron chi connectivity index (χ1n) is 12.1. The number of amidine groups is 1. The number of carbonyl (C=O) groups is 3. The molecule has 4 rings (SSSR count). The predicted molar refractivity (Wildman–Crippen MR) is 135 cm³/mol. The van der Waals surface area contributed by atoms with Gasteiger partial charge in [-0.25, -0.2) is 19.2 Å². The summed E-state index contributed by atoms with van der Waals surface area (Å²) in [5.74, 6) is -2.02. The molecule has 0 saturated carbocycles. The summed E-state index contributed by atoms with van der Waals surface area (Å²) in [6.45, 7) is 6.02. The number of allylic oxidation sites excluding steroid dienone is 1. The van der Waals surface area contributed by atoms with Crippen LogP contribution < -0.4 is 10.2 Å². The fourth-order valence-corrected chi connectivity index (χ4v) is 5.06. The Hall–Kier alpha value is -3.45. The number of ether oxygens (including phenoxy) is 1. The monoisotopic (exact) mass is 532 g/mol. The third-order valence-electron chi connectivity index (χ3n) is 6.50. The Morgan fingerprint density at radius 2 is 2.22 bits per heavy atom. The van der Waals surface area contributed by atoms with E-state index in [4.69, 9.17) is 4.74 Å². The molecule has 3 aliphatic rings. The van der Waals surface area contributed by atoms with E-state index in [1.54, 1.807) is 0 Å². The Kier molecular flexibility index (Phi) is 8.77. The first-order valence-corrected chi connectivity index (χ1v) is 12.9. The van der Waals surface area contributed by atoms with E-state index >= 15 is 0 Å². The summed E-state index contributed by atoms with van der Waals surface area (Å²) in [7, 11) is 0. The Labute approximate surface area is 217 Å². The van der Waals surface area contributed by atoms with Crippen LogP contribution in [0.15, 0.2) is 47.1 Å². The summed E-state index contributed by atoms with van der Waals surface area (Å²) < 4.78 is 22.8. The number of halogens is 1. The minimum atomic E-state index is -1.45. The second-order valence-electron chi connectivity index (χ2n) is 9.01. The average molecular weight is 533 g/mol. The SMILES string of the molecule is C=C(N=C1/C(=C\CF)C(=O)C(C(=O)O)=CN1c1ncns1)N1CCCC(C(=O)NCC2CCCOC2)C1. The maximum atomic E-state index is 13.4. The first kappa shape index (κ1) is 26.6. The number of rotatable bonds is 8. The van der Waals surface area contributed by atoms with Crippen molar-refractivity contribution in [2.75, 3.05) is 44.4 Å². The Balaban J connectivity index is 1.53. The zero-order valence-corrected chi connectivity index (χ0v) is 21.1. The highest BCUT2D eigenvalue weighted by molar-refractivity contribution is 7.09. The van der Waals surface area contributed by atoms with Crippen molar-refractivity contribution in [2.24, 2.45) is 16.8 Å². The maximum absolute atomic E-state index is 13.4. The van der Waals surface area contributed by atoms with Crippen molar-refractivity contribution in [1.82, 2.24) is 19.6 Å². The normalized spacial score (nSPS) is 24.8. The van der Waals surface area contributed by atoms with Crippen LogP contribution in [-0.4, -0.2) is 82.4 Å². The number of Topliss-reactive ketones (excluding diaryl/α,β-unsaturated/α-hetero) is 1. The number of nitrogens with zero attached hydrogens (tertiary/aromatic N) is 5. The van der Waals surface area contributed by atoms with Crippen molar-refractivity contribution in [1.29, 1.82) is 0 Å². The lowest BCUT2D eigenvalue weighted by atomic mass is 9.96.